The topological polar surface area (TPSA) is 49.7 Å². The zero-order chi connectivity index (χ0) is 18.2. The van der Waals surface area contributed by atoms with Crippen molar-refractivity contribution >= 4 is 31.7 Å². The van der Waals surface area contributed by atoms with E-state index in [1.165, 1.54) is 4.41 Å². The number of hydrazone groups is 1. The molecule has 2 aromatic carbocycles. The molecule has 1 aliphatic heterocycles. The molecule has 0 unspecified atom stereocenters. The molecule has 25 heavy (non-hydrogen) atoms. The van der Waals surface area contributed by atoms with E-state index in [4.69, 9.17) is 0 Å². The maximum atomic E-state index is 13.1. The molecule has 4 nitrogen and oxygen atoms in total. The number of nitrogens with zero attached hydrogens (tertiary/aromatic N) is 2. The van der Waals surface area contributed by atoms with E-state index < -0.39 is 10.0 Å². The molecule has 0 aliphatic carbocycles. The molecule has 0 saturated carbocycles. The van der Waals surface area contributed by atoms with Crippen LogP contribution in [0, 0.1) is 5.41 Å². The Morgan fingerprint density at radius 1 is 1.04 bits per heavy atom. The molecule has 1 heterocycles. The molecule has 0 bridgehead atoms. The van der Waals surface area contributed by atoms with Crippen LogP contribution in [0.2, 0.25) is 0 Å². The Balaban J connectivity index is 2.06. The second-order valence-electron chi connectivity index (χ2n) is 7.23. The number of benzene rings is 2. The summed E-state index contributed by atoms with van der Waals surface area (Å²) in [7, 11) is -3.68. The molecule has 0 N–H and O–H groups in total. The SMILES string of the molecule is CC(C)(C)[C@H]1CC(c2ccc(Br)cc2)=NN1S(=O)(=O)c1ccccc1. The first-order valence-electron chi connectivity index (χ1n) is 8.12. The zero-order valence-electron chi connectivity index (χ0n) is 14.5. The van der Waals surface area contributed by atoms with Gasteiger partial charge in [-0.05, 0) is 35.2 Å². The van der Waals surface area contributed by atoms with E-state index in [1.807, 2.05) is 45.0 Å². The van der Waals surface area contributed by atoms with E-state index in [-0.39, 0.29) is 16.4 Å². The van der Waals surface area contributed by atoms with Gasteiger partial charge in [0.05, 0.1) is 16.6 Å². The quantitative estimate of drug-likeness (QED) is 0.724. The Morgan fingerprint density at radius 3 is 2.20 bits per heavy atom. The van der Waals surface area contributed by atoms with Gasteiger partial charge in [0.15, 0.2) is 0 Å². The van der Waals surface area contributed by atoms with E-state index in [0.29, 0.717) is 6.42 Å². The molecule has 0 aromatic heterocycles. The van der Waals surface area contributed by atoms with Crippen molar-refractivity contribution in [1.82, 2.24) is 4.41 Å². The predicted octanol–water partition coefficient (Wildman–Crippen LogP) is 4.66. The van der Waals surface area contributed by atoms with Crippen LogP contribution in [0.3, 0.4) is 0 Å². The fraction of sp³-hybridized carbons (Fsp3) is 0.316. The minimum atomic E-state index is -3.68. The molecule has 0 fully saturated rings. The first-order chi connectivity index (χ1) is 11.7. The predicted molar refractivity (Wildman–Crippen MR) is 104 cm³/mol. The largest absolute Gasteiger partial charge is 0.279 e. The van der Waals surface area contributed by atoms with E-state index in [0.717, 1.165) is 15.7 Å². The third-order valence-electron chi connectivity index (χ3n) is 4.34. The summed E-state index contributed by atoms with van der Waals surface area (Å²) >= 11 is 3.43. The fourth-order valence-electron chi connectivity index (χ4n) is 2.87. The zero-order valence-corrected chi connectivity index (χ0v) is 16.9. The van der Waals surface area contributed by atoms with Crippen molar-refractivity contribution in [2.75, 3.05) is 0 Å². The third kappa shape index (κ3) is 3.65. The summed E-state index contributed by atoms with van der Waals surface area (Å²) in [6.07, 6.45) is 0.594. The number of rotatable bonds is 3. The normalized spacial score (nSPS) is 18.3. The number of hydrogen-bond donors (Lipinski definition) is 0. The molecule has 6 heteroatoms. The summed E-state index contributed by atoms with van der Waals surface area (Å²) in [5.41, 5.74) is 1.51. The molecule has 132 valence electrons. The van der Waals surface area contributed by atoms with Crippen molar-refractivity contribution in [2.45, 2.75) is 38.1 Å². The third-order valence-corrected chi connectivity index (χ3v) is 6.56. The van der Waals surface area contributed by atoms with Crippen molar-refractivity contribution in [1.29, 1.82) is 0 Å². The molecule has 0 spiro atoms. The second kappa shape index (κ2) is 6.57. The van der Waals surface area contributed by atoms with Crippen molar-refractivity contribution in [2.24, 2.45) is 10.5 Å². The first-order valence-corrected chi connectivity index (χ1v) is 10.4. The van der Waals surface area contributed by atoms with Gasteiger partial charge in [-0.2, -0.15) is 17.9 Å². The van der Waals surface area contributed by atoms with Crippen LogP contribution >= 0.6 is 15.9 Å². The highest BCUT2D eigenvalue weighted by atomic mass is 79.9. The molecular weight excluding hydrogens is 400 g/mol. The van der Waals surface area contributed by atoms with Gasteiger partial charge in [0.1, 0.15) is 0 Å². The van der Waals surface area contributed by atoms with E-state index >= 15 is 0 Å². The highest BCUT2D eigenvalue weighted by Gasteiger charge is 2.42. The van der Waals surface area contributed by atoms with Crippen molar-refractivity contribution in [3.8, 4) is 0 Å². The van der Waals surface area contributed by atoms with Crippen LogP contribution in [-0.4, -0.2) is 24.6 Å². The lowest BCUT2D eigenvalue weighted by Crippen LogP contribution is -2.41. The molecule has 0 amide bonds. The summed E-state index contributed by atoms with van der Waals surface area (Å²) in [5.74, 6) is 0. The molecular formula is C19H21BrN2O2S. The van der Waals surface area contributed by atoms with Crippen LogP contribution in [-0.2, 0) is 10.0 Å². The van der Waals surface area contributed by atoms with Crippen LogP contribution in [0.5, 0.6) is 0 Å². The van der Waals surface area contributed by atoms with Gasteiger partial charge in [0.25, 0.3) is 10.0 Å². The number of hydrogen-bond acceptors (Lipinski definition) is 3. The van der Waals surface area contributed by atoms with Crippen LogP contribution in [0.15, 0.2) is 69.1 Å². The smallest absolute Gasteiger partial charge is 0.200 e. The van der Waals surface area contributed by atoms with Gasteiger partial charge in [0.2, 0.25) is 0 Å². The molecule has 3 rings (SSSR count). The Bertz CT molecular complexity index is 885. The van der Waals surface area contributed by atoms with Gasteiger partial charge in [-0.1, -0.05) is 67.0 Å². The highest BCUT2D eigenvalue weighted by Crippen LogP contribution is 2.37. The summed E-state index contributed by atoms with van der Waals surface area (Å²) in [6, 6.07) is 16.1. The molecule has 0 saturated heterocycles. The molecule has 1 atom stereocenters. The van der Waals surface area contributed by atoms with Crippen LogP contribution in [0.4, 0.5) is 0 Å². The average molecular weight is 421 g/mol. The first kappa shape index (κ1) is 18.1. The maximum Gasteiger partial charge on any atom is 0.279 e. The summed E-state index contributed by atoms with van der Waals surface area (Å²) in [4.78, 5) is 0.269. The Hall–Kier alpha value is -1.66. The fourth-order valence-corrected chi connectivity index (χ4v) is 4.78. The molecule has 2 aromatic rings. The molecule has 1 aliphatic rings. The minimum Gasteiger partial charge on any atom is -0.200 e. The lowest BCUT2D eigenvalue weighted by atomic mass is 9.84. The highest BCUT2D eigenvalue weighted by molar-refractivity contribution is 9.10. The monoisotopic (exact) mass is 420 g/mol. The van der Waals surface area contributed by atoms with Gasteiger partial charge in [-0.3, -0.25) is 0 Å². The van der Waals surface area contributed by atoms with Gasteiger partial charge < -0.3 is 0 Å². The van der Waals surface area contributed by atoms with Gasteiger partial charge in [0, 0.05) is 10.9 Å². The summed E-state index contributed by atoms with van der Waals surface area (Å²) in [6.45, 7) is 6.14. The van der Waals surface area contributed by atoms with E-state index in [2.05, 4.69) is 21.0 Å². The Labute approximate surface area is 157 Å². The van der Waals surface area contributed by atoms with Crippen LogP contribution in [0.25, 0.3) is 0 Å². The Kier molecular flexibility index (Phi) is 4.77. The maximum absolute atomic E-state index is 13.1. The van der Waals surface area contributed by atoms with Crippen molar-refractivity contribution < 1.29 is 8.42 Å². The lowest BCUT2D eigenvalue weighted by Gasteiger charge is -2.33. The van der Waals surface area contributed by atoms with Crippen molar-refractivity contribution in [3.05, 3.63) is 64.6 Å². The average Bonchev–Trinajstić information content (AvgIpc) is 3.03. The van der Waals surface area contributed by atoms with Crippen LogP contribution in [0.1, 0.15) is 32.8 Å². The lowest BCUT2D eigenvalue weighted by molar-refractivity contribution is 0.203. The van der Waals surface area contributed by atoms with Gasteiger partial charge in [-0.25, -0.2) is 0 Å². The number of sulfonamides is 1. The number of halogens is 1. The van der Waals surface area contributed by atoms with E-state index in [1.54, 1.807) is 30.3 Å². The van der Waals surface area contributed by atoms with Gasteiger partial charge >= 0.3 is 0 Å². The summed E-state index contributed by atoms with van der Waals surface area (Å²) < 4.78 is 28.6. The van der Waals surface area contributed by atoms with Gasteiger partial charge in [-0.15, -0.1) is 0 Å². The molecule has 0 radical (unpaired) electrons. The van der Waals surface area contributed by atoms with Crippen molar-refractivity contribution in [3.63, 3.8) is 0 Å². The Morgan fingerprint density at radius 2 is 1.64 bits per heavy atom. The minimum absolute atomic E-state index is 0.226. The summed E-state index contributed by atoms with van der Waals surface area (Å²) in [5, 5.41) is 4.53. The second-order valence-corrected chi connectivity index (χ2v) is 9.94. The standard InChI is InChI=1S/C19H21BrN2O2S/c1-19(2,3)18-13-17(14-9-11-15(20)12-10-14)21-22(18)25(23,24)16-7-5-4-6-8-16/h4-12,18H,13H2,1-3H3/t18-/m1/s1. The van der Waals surface area contributed by atoms with Crippen LogP contribution < -0.4 is 0 Å². The van der Waals surface area contributed by atoms with E-state index in [9.17, 15) is 8.42 Å².